The van der Waals surface area contributed by atoms with E-state index in [4.69, 9.17) is 0 Å². The Morgan fingerprint density at radius 1 is 1.50 bits per heavy atom. The highest BCUT2D eigenvalue weighted by atomic mass is 16.5. The monoisotopic (exact) mass is 163 g/mol. The maximum Gasteiger partial charge on any atom is 0.276 e. The molecule has 0 aliphatic heterocycles. The summed E-state index contributed by atoms with van der Waals surface area (Å²) >= 11 is 0. The lowest BCUT2D eigenvalue weighted by atomic mass is 10.3. The van der Waals surface area contributed by atoms with Gasteiger partial charge in [-0.2, -0.15) is 0 Å². The zero-order valence-corrected chi connectivity index (χ0v) is 6.02. The highest BCUT2D eigenvalue weighted by Crippen LogP contribution is 2.06. The molecule has 0 bridgehead atoms. The second kappa shape index (κ2) is 2.61. The van der Waals surface area contributed by atoms with Crippen molar-refractivity contribution in [1.29, 1.82) is 0 Å². The van der Waals surface area contributed by atoms with E-state index in [1.807, 2.05) is 0 Å². The lowest BCUT2D eigenvalue weighted by molar-refractivity contribution is 0.422. The van der Waals surface area contributed by atoms with Gasteiger partial charge in [0.1, 0.15) is 12.0 Å². The summed E-state index contributed by atoms with van der Waals surface area (Å²) in [5.74, 6) is 0. The molecule has 0 saturated heterocycles. The summed E-state index contributed by atoms with van der Waals surface area (Å²) < 4.78 is 4.58. The topological polar surface area (TPSA) is 71.8 Å². The summed E-state index contributed by atoms with van der Waals surface area (Å²) in [4.78, 5) is 17.5. The molecular weight excluding hydrogens is 158 g/mol. The number of aromatic amines is 1. The van der Waals surface area contributed by atoms with E-state index in [9.17, 15) is 4.79 Å². The first-order valence-corrected chi connectivity index (χ1v) is 3.32. The number of aromatic nitrogens is 3. The molecule has 2 aromatic rings. The minimum Gasteiger partial charge on any atom is -0.364 e. The van der Waals surface area contributed by atoms with Gasteiger partial charge < -0.3 is 9.51 Å². The molecule has 0 aliphatic rings. The molecule has 0 atom stereocenters. The van der Waals surface area contributed by atoms with Gasteiger partial charge in [0.15, 0.2) is 5.69 Å². The van der Waals surface area contributed by atoms with Gasteiger partial charge in [0, 0.05) is 18.5 Å². The van der Waals surface area contributed by atoms with Gasteiger partial charge in [-0.15, -0.1) is 0 Å². The van der Waals surface area contributed by atoms with Crippen molar-refractivity contribution in [2.75, 3.05) is 0 Å². The molecule has 0 saturated carbocycles. The van der Waals surface area contributed by atoms with Crippen LogP contribution < -0.4 is 5.56 Å². The number of rotatable bonds is 1. The second-order valence-electron chi connectivity index (χ2n) is 2.15. The average Bonchev–Trinajstić information content (AvgIpc) is 2.57. The zero-order valence-electron chi connectivity index (χ0n) is 6.02. The minimum atomic E-state index is -0.272. The predicted octanol–water partition coefficient (Wildman–Crippen LogP) is 0.425. The van der Waals surface area contributed by atoms with Crippen molar-refractivity contribution in [1.82, 2.24) is 15.1 Å². The van der Waals surface area contributed by atoms with E-state index in [0.29, 0.717) is 5.69 Å². The summed E-state index contributed by atoms with van der Waals surface area (Å²) in [6, 6.07) is 1.58. The number of hydrogen-bond acceptors (Lipinski definition) is 4. The Hall–Kier alpha value is -1.91. The Bertz CT molecular complexity index is 418. The first-order chi connectivity index (χ1) is 5.88. The van der Waals surface area contributed by atoms with Crippen LogP contribution in [-0.2, 0) is 0 Å². The first-order valence-electron chi connectivity index (χ1n) is 3.32. The summed E-state index contributed by atoms with van der Waals surface area (Å²) in [6.45, 7) is 0. The molecule has 0 spiro atoms. The Morgan fingerprint density at radius 3 is 3.08 bits per heavy atom. The van der Waals surface area contributed by atoms with Crippen LogP contribution in [0.4, 0.5) is 0 Å². The number of nitrogens with zero attached hydrogens (tertiary/aromatic N) is 2. The quantitative estimate of drug-likeness (QED) is 0.661. The Morgan fingerprint density at radius 2 is 2.42 bits per heavy atom. The summed E-state index contributed by atoms with van der Waals surface area (Å²) in [5, 5.41) is 3.59. The maximum atomic E-state index is 11.1. The predicted molar refractivity (Wildman–Crippen MR) is 40.4 cm³/mol. The molecule has 2 heterocycles. The summed E-state index contributed by atoms with van der Waals surface area (Å²) in [5.41, 5.74) is 0.439. The number of H-pyrrole nitrogens is 1. The van der Waals surface area contributed by atoms with Gasteiger partial charge in [-0.05, 0) is 0 Å². The molecule has 0 fully saturated rings. The lowest BCUT2D eigenvalue weighted by Crippen LogP contribution is -2.09. The number of hydrogen-bond donors (Lipinski definition) is 1. The maximum absolute atomic E-state index is 11.1. The highest BCUT2D eigenvalue weighted by Gasteiger charge is 2.05. The highest BCUT2D eigenvalue weighted by molar-refractivity contribution is 5.50. The van der Waals surface area contributed by atoms with E-state index < -0.39 is 0 Å². The van der Waals surface area contributed by atoms with Crippen molar-refractivity contribution in [2.24, 2.45) is 0 Å². The fourth-order valence-electron chi connectivity index (χ4n) is 0.869. The van der Waals surface area contributed by atoms with Crippen molar-refractivity contribution in [3.05, 3.63) is 35.1 Å². The van der Waals surface area contributed by atoms with E-state index in [0.717, 1.165) is 0 Å². The molecule has 60 valence electrons. The van der Waals surface area contributed by atoms with Crippen LogP contribution in [0.25, 0.3) is 11.4 Å². The van der Waals surface area contributed by atoms with Crippen LogP contribution in [0.1, 0.15) is 0 Å². The molecule has 2 rings (SSSR count). The largest absolute Gasteiger partial charge is 0.364 e. The van der Waals surface area contributed by atoms with Crippen molar-refractivity contribution in [3.63, 3.8) is 0 Å². The second-order valence-corrected chi connectivity index (χ2v) is 2.15. The van der Waals surface area contributed by atoms with Crippen molar-refractivity contribution >= 4 is 0 Å². The van der Waals surface area contributed by atoms with Gasteiger partial charge in [-0.1, -0.05) is 5.16 Å². The van der Waals surface area contributed by atoms with Crippen LogP contribution in [0.5, 0.6) is 0 Å². The summed E-state index contributed by atoms with van der Waals surface area (Å²) in [6.07, 6.45) is 4.35. The van der Waals surface area contributed by atoms with Crippen LogP contribution in [0.2, 0.25) is 0 Å². The molecule has 5 heteroatoms. The fraction of sp³-hybridized carbons (Fsp3) is 0. The molecule has 5 nitrogen and oxygen atoms in total. The van der Waals surface area contributed by atoms with E-state index in [1.54, 1.807) is 6.07 Å². The van der Waals surface area contributed by atoms with Gasteiger partial charge in [-0.3, -0.25) is 4.79 Å². The molecule has 0 aliphatic carbocycles. The van der Waals surface area contributed by atoms with Gasteiger partial charge >= 0.3 is 0 Å². The molecule has 2 aromatic heterocycles. The Balaban J connectivity index is 2.63. The van der Waals surface area contributed by atoms with Crippen LogP contribution >= 0.6 is 0 Å². The average molecular weight is 163 g/mol. The lowest BCUT2D eigenvalue weighted by Gasteiger charge is -1.89. The number of nitrogens with one attached hydrogen (secondary N) is 1. The van der Waals surface area contributed by atoms with Crippen molar-refractivity contribution in [3.8, 4) is 11.4 Å². The van der Waals surface area contributed by atoms with Gasteiger partial charge in [0.2, 0.25) is 0 Å². The van der Waals surface area contributed by atoms with Crippen LogP contribution in [0, 0.1) is 0 Å². The van der Waals surface area contributed by atoms with Crippen LogP contribution in [-0.4, -0.2) is 15.1 Å². The van der Waals surface area contributed by atoms with Crippen LogP contribution in [0.3, 0.4) is 0 Å². The third-order valence-corrected chi connectivity index (χ3v) is 1.39. The molecule has 12 heavy (non-hydrogen) atoms. The van der Waals surface area contributed by atoms with E-state index in [1.165, 1.54) is 18.7 Å². The van der Waals surface area contributed by atoms with Gasteiger partial charge in [0.05, 0.1) is 0 Å². The normalized spacial score (nSPS) is 10.0. The molecule has 0 radical (unpaired) electrons. The van der Waals surface area contributed by atoms with Gasteiger partial charge in [-0.25, -0.2) is 4.98 Å². The molecule has 1 N–H and O–H groups in total. The smallest absolute Gasteiger partial charge is 0.276 e. The first kappa shape index (κ1) is 6.78. The SMILES string of the molecule is O=c1[nH]ccnc1-c1ccon1. The van der Waals surface area contributed by atoms with E-state index >= 15 is 0 Å². The Kier molecular flexibility index (Phi) is 1.48. The third-order valence-electron chi connectivity index (χ3n) is 1.39. The molecule has 0 unspecified atom stereocenters. The molecule has 0 amide bonds. The summed E-state index contributed by atoms with van der Waals surface area (Å²) in [7, 11) is 0. The van der Waals surface area contributed by atoms with E-state index in [-0.39, 0.29) is 11.3 Å². The molecular formula is C7H5N3O2. The zero-order chi connectivity index (χ0) is 8.39. The minimum absolute atomic E-state index is 0.270. The van der Waals surface area contributed by atoms with Gasteiger partial charge in [0.25, 0.3) is 5.56 Å². The van der Waals surface area contributed by atoms with E-state index in [2.05, 4.69) is 19.6 Å². The third kappa shape index (κ3) is 1.01. The van der Waals surface area contributed by atoms with Crippen molar-refractivity contribution in [2.45, 2.75) is 0 Å². The fourth-order valence-corrected chi connectivity index (χ4v) is 0.869. The molecule has 0 aromatic carbocycles. The standard InChI is InChI=1S/C7H5N3O2/c11-7-6(8-2-3-9-7)5-1-4-12-10-5/h1-4H,(H,9,11). The Labute approximate surface area is 67.1 Å². The van der Waals surface area contributed by atoms with Crippen LogP contribution in [0.15, 0.2) is 34.0 Å². The van der Waals surface area contributed by atoms with Crippen molar-refractivity contribution < 1.29 is 4.52 Å².